The van der Waals surface area contributed by atoms with E-state index in [1.165, 1.54) is 0 Å². The number of nitrogens with one attached hydrogen (secondary N) is 1. The molecule has 0 bridgehead atoms. The molecule has 1 aliphatic heterocycles. The van der Waals surface area contributed by atoms with Crippen LogP contribution < -0.4 is 16.0 Å². The van der Waals surface area contributed by atoms with Crippen LogP contribution in [0.1, 0.15) is 12.0 Å². The molecule has 1 fully saturated rings. The van der Waals surface area contributed by atoms with Crippen molar-refractivity contribution in [2.45, 2.75) is 13.0 Å². The van der Waals surface area contributed by atoms with Crippen LogP contribution in [0.25, 0.3) is 0 Å². The Balaban J connectivity index is 2.28. The topological polar surface area (TPSA) is 58.4 Å². The summed E-state index contributed by atoms with van der Waals surface area (Å²) < 4.78 is 1.01. The van der Waals surface area contributed by atoms with Gasteiger partial charge in [0, 0.05) is 29.8 Å². The normalized spacial score (nSPS) is 16.6. The number of amides is 1. The minimum Gasteiger partial charge on any atom is -0.362 e. The van der Waals surface area contributed by atoms with Crippen molar-refractivity contribution in [3.8, 4) is 0 Å². The Labute approximate surface area is 109 Å². The number of anilines is 1. The number of nitrogens with two attached hydrogens (primary N) is 1. The average Bonchev–Trinajstić information content (AvgIpc) is 2.53. The predicted molar refractivity (Wildman–Crippen MR) is 71.9 cm³/mol. The van der Waals surface area contributed by atoms with Gasteiger partial charge in [-0.15, -0.1) is 0 Å². The summed E-state index contributed by atoms with van der Waals surface area (Å²) in [4.78, 5) is 13.6. The van der Waals surface area contributed by atoms with Gasteiger partial charge in [0.05, 0.1) is 6.54 Å². The Hall–Kier alpha value is -1.07. The third-order valence-corrected chi connectivity index (χ3v) is 3.36. The molecule has 0 aromatic heterocycles. The summed E-state index contributed by atoms with van der Waals surface area (Å²) in [5.41, 5.74) is 7.88. The van der Waals surface area contributed by atoms with Crippen LogP contribution in [0.15, 0.2) is 22.7 Å². The van der Waals surface area contributed by atoms with E-state index in [1.807, 2.05) is 18.2 Å². The molecule has 1 aromatic rings. The van der Waals surface area contributed by atoms with Crippen molar-refractivity contribution in [2.75, 3.05) is 24.5 Å². The molecule has 2 rings (SSSR count). The Morgan fingerprint density at radius 1 is 1.47 bits per heavy atom. The van der Waals surface area contributed by atoms with Crippen LogP contribution in [-0.2, 0) is 11.3 Å². The zero-order valence-corrected chi connectivity index (χ0v) is 11.2. The molecule has 1 aliphatic rings. The Bertz CT molecular complexity index is 422. The van der Waals surface area contributed by atoms with E-state index in [1.54, 1.807) is 0 Å². The van der Waals surface area contributed by atoms with Crippen molar-refractivity contribution < 1.29 is 4.79 Å². The second kappa shape index (κ2) is 5.51. The highest BCUT2D eigenvalue weighted by Crippen LogP contribution is 2.24. The molecule has 0 aliphatic carbocycles. The predicted octanol–water partition coefficient (Wildman–Crippen LogP) is 1.23. The lowest BCUT2D eigenvalue weighted by Gasteiger charge is -2.24. The summed E-state index contributed by atoms with van der Waals surface area (Å²) in [5.74, 6) is 0.0772. The zero-order valence-electron chi connectivity index (χ0n) is 9.58. The maximum Gasteiger partial charge on any atom is 0.239 e. The first-order valence-electron chi connectivity index (χ1n) is 5.71. The number of carbonyl (C=O) groups excluding carboxylic acids is 1. The van der Waals surface area contributed by atoms with Gasteiger partial charge in [-0.1, -0.05) is 15.9 Å². The maximum atomic E-state index is 11.5. The van der Waals surface area contributed by atoms with E-state index in [9.17, 15) is 4.79 Å². The van der Waals surface area contributed by atoms with Crippen molar-refractivity contribution in [3.05, 3.63) is 28.2 Å². The number of halogens is 1. The van der Waals surface area contributed by atoms with Crippen LogP contribution in [0.5, 0.6) is 0 Å². The van der Waals surface area contributed by atoms with Gasteiger partial charge in [0.2, 0.25) is 5.91 Å². The van der Waals surface area contributed by atoms with Gasteiger partial charge in [-0.05, 0) is 30.2 Å². The van der Waals surface area contributed by atoms with E-state index in [0.29, 0.717) is 13.1 Å². The van der Waals surface area contributed by atoms with Crippen LogP contribution in [0.3, 0.4) is 0 Å². The third-order valence-electron chi connectivity index (χ3n) is 2.86. The molecule has 92 valence electrons. The van der Waals surface area contributed by atoms with Crippen molar-refractivity contribution in [1.29, 1.82) is 0 Å². The van der Waals surface area contributed by atoms with Gasteiger partial charge in [0.1, 0.15) is 0 Å². The van der Waals surface area contributed by atoms with Gasteiger partial charge in [0.15, 0.2) is 0 Å². The largest absolute Gasteiger partial charge is 0.362 e. The quantitative estimate of drug-likeness (QED) is 0.863. The molecule has 3 N–H and O–H groups in total. The van der Waals surface area contributed by atoms with Crippen LogP contribution in [0, 0.1) is 0 Å². The zero-order chi connectivity index (χ0) is 12.3. The molecule has 1 aromatic carbocycles. The molecule has 1 amide bonds. The minimum absolute atomic E-state index is 0.0772. The van der Waals surface area contributed by atoms with Crippen LogP contribution in [-0.4, -0.2) is 25.5 Å². The lowest BCUT2D eigenvalue weighted by atomic mass is 10.1. The molecule has 0 radical (unpaired) electrons. The van der Waals surface area contributed by atoms with Crippen LogP contribution >= 0.6 is 15.9 Å². The number of benzene rings is 1. The third kappa shape index (κ3) is 2.98. The lowest BCUT2D eigenvalue weighted by Crippen LogP contribution is -2.33. The van der Waals surface area contributed by atoms with Gasteiger partial charge >= 0.3 is 0 Å². The first-order chi connectivity index (χ1) is 8.20. The van der Waals surface area contributed by atoms with Crippen LogP contribution in [0.2, 0.25) is 0 Å². The highest BCUT2D eigenvalue weighted by atomic mass is 79.9. The molecule has 0 saturated carbocycles. The maximum absolute atomic E-state index is 11.5. The molecule has 0 atom stereocenters. The summed E-state index contributed by atoms with van der Waals surface area (Å²) in [7, 11) is 0. The van der Waals surface area contributed by atoms with Crippen molar-refractivity contribution in [3.63, 3.8) is 0 Å². The van der Waals surface area contributed by atoms with Gasteiger partial charge < -0.3 is 16.0 Å². The summed E-state index contributed by atoms with van der Waals surface area (Å²) in [6, 6.07) is 6.01. The highest BCUT2D eigenvalue weighted by molar-refractivity contribution is 9.10. The fourth-order valence-electron chi connectivity index (χ4n) is 2.04. The first kappa shape index (κ1) is 12.4. The highest BCUT2D eigenvalue weighted by Gasteiger charge is 2.17. The lowest BCUT2D eigenvalue weighted by molar-refractivity contribution is -0.119. The van der Waals surface area contributed by atoms with Crippen LogP contribution in [0.4, 0.5) is 5.69 Å². The first-order valence-corrected chi connectivity index (χ1v) is 6.50. The van der Waals surface area contributed by atoms with Crippen molar-refractivity contribution >= 4 is 27.5 Å². The van der Waals surface area contributed by atoms with Crippen molar-refractivity contribution in [1.82, 2.24) is 5.32 Å². The molecule has 0 spiro atoms. The van der Waals surface area contributed by atoms with Gasteiger partial charge in [-0.3, -0.25) is 4.79 Å². The van der Waals surface area contributed by atoms with Crippen molar-refractivity contribution in [2.24, 2.45) is 5.73 Å². The molecule has 1 saturated heterocycles. The minimum atomic E-state index is 0.0772. The SMILES string of the molecule is NCc1cc(Br)ccc1N1CCCNC(=O)C1. The smallest absolute Gasteiger partial charge is 0.239 e. The van der Waals surface area contributed by atoms with Gasteiger partial charge in [-0.2, -0.15) is 0 Å². The average molecular weight is 298 g/mol. The molecule has 4 nitrogen and oxygen atoms in total. The second-order valence-corrected chi connectivity index (χ2v) is 5.02. The molecule has 5 heteroatoms. The Morgan fingerprint density at radius 3 is 3.06 bits per heavy atom. The number of rotatable bonds is 2. The van der Waals surface area contributed by atoms with E-state index in [0.717, 1.165) is 35.2 Å². The molecule has 1 heterocycles. The number of hydrogen-bond donors (Lipinski definition) is 2. The second-order valence-electron chi connectivity index (χ2n) is 4.10. The fraction of sp³-hybridized carbons (Fsp3) is 0.417. The molecular formula is C12H16BrN3O. The Morgan fingerprint density at radius 2 is 2.29 bits per heavy atom. The van der Waals surface area contributed by atoms with Gasteiger partial charge in [-0.25, -0.2) is 0 Å². The summed E-state index contributed by atoms with van der Waals surface area (Å²) >= 11 is 3.44. The monoisotopic (exact) mass is 297 g/mol. The number of carbonyl (C=O) groups is 1. The summed E-state index contributed by atoms with van der Waals surface area (Å²) in [6.07, 6.45) is 0.964. The Kier molecular flexibility index (Phi) is 4.02. The fourth-order valence-corrected chi connectivity index (χ4v) is 2.45. The standard InChI is InChI=1S/C12H16BrN3O/c13-10-2-3-11(9(6-10)7-14)16-5-1-4-15-12(17)8-16/h2-3,6H,1,4-5,7-8,14H2,(H,15,17). The van der Waals surface area contributed by atoms with E-state index in [4.69, 9.17) is 5.73 Å². The summed E-state index contributed by atoms with van der Waals surface area (Å²) in [5, 5.41) is 2.87. The van der Waals surface area contributed by atoms with E-state index >= 15 is 0 Å². The molecular weight excluding hydrogens is 282 g/mol. The van der Waals surface area contributed by atoms with Gasteiger partial charge in [0.25, 0.3) is 0 Å². The molecule has 0 unspecified atom stereocenters. The van der Waals surface area contributed by atoms with E-state index in [-0.39, 0.29) is 5.91 Å². The molecule has 17 heavy (non-hydrogen) atoms. The van der Waals surface area contributed by atoms with E-state index in [2.05, 4.69) is 26.1 Å². The number of hydrogen-bond acceptors (Lipinski definition) is 3. The number of nitrogens with zero attached hydrogens (tertiary/aromatic N) is 1. The summed E-state index contributed by atoms with van der Waals surface area (Å²) in [6.45, 7) is 2.53. The van der Waals surface area contributed by atoms with E-state index < -0.39 is 0 Å².